The molecule has 20 heavy (non-hydrogen) atoms. The number of benzene rings is 1. The highest BCUT2D eigenvalue weighted by Gasteiger charge is 2.37. The Hall–Kier alpha value is -1.31. The molecule has 0 aliphatic heterocycles. The van der Waals surface area contributed by atoms with E-state index in [1.54, 1.807) is 0 Å². The third-order valence-electron chi connectivity index (χ3n) is 4.11. The average Bonchev–Trinajstić information content (AvgIpc) is 2.34. The lowest BCUT2D eigenvalue weighted by atomic mass is 9.74. The van der Waals surface area contributed by atoms with Crippen LogP contribution >= 0.6 is 0 Å². The lowest BCUT2D eigenvalue weighted by Crippen LogP contribution is -2.36. The molecule has 1 aromatic rings. The first kappa shape index (κ1) is 16.7. The molecule has 1 rings (SSSR count). The predicted molar refractivity (Wildman–Crippen MR) is 84.1 cm³/mol. The van der Waals surface area contributed by atoms with Crippen molar-refractivity contribution in [1.29, 1.82) is 0 Å². The van der Waals surface area contributed by atoms with Crippen LogP contribution in [0.25, 0.3) is 0 Å². The van der Waals surface area contributed by atoms with Gasteiger partial charge in [-0.2, -0.15) is 0 Å². The normalized spacial score (nSPS) is 14.2. The predicted octanol–water partition coefficient (Wildman–Crippen LogP) is 4.48. The van der Waals surface area contributed by atoms with Gasteiger partial charge in [0.05, 0.1) is 12.0 Å². The van der Waals surface area contributed by atoms with Crippen LogP contribution in [0.5, 0.6) is 0 Å². The van der Waals surface area contributed by atoms with Crippen LogP contribution in [0.2, 0.25) is 0 Å². The van der Waals surface area contributed by atoms with Gasteiger partial charge in [-0.1, -0.05) is 26.0 Å². The molecule has 0 fully saturated rings. The third kappa shape index (κ3) is 3.41. The number of esters is 1. The number of aryl methyl sites for hydroxylation is 2. The molecule has 0 saturated heterocycles. The van der Waals surface area contributed by atoms with E-state index < -0.39 is 5.41 Å². The van der Waals surface area contributed by atoms with E-state index in [0.29, 0.717) is 12.5 Å². The van der Waals surface area contributed by atoms with E-state index in [-0.39, 0.29) is 5.97 Å². The molecule has 2 nitrogen and oxygen atoms in total. The highest BCUT2D eigenvalue weighted by Crippen LogP contribution is 2.34. The maximum Gasteiger partial charge on any atom is 0.316 e. The fourth-order valence-electron chi connectivity index (χ4n) is 2.78. The molecule has 0 aromatic heterocycles. The van der Waals surface area contributed by atoms with E-state index in [4.69, 9.17) is 4.74 Å². The molecule has 0 N–H and O–H groups in total. The lowest BCUT2D eigenvalue weighted by Gasteiger charge is -2.30. The molecule has 0 bridgehead atoms. The Balaban J connectivity index is 3.33. The summed E-state index contributed by atoms with van der Waals surface area (Å²) in [6.45, 7) is 14.9. The molecular weight excluding hydrogens is 248 g/mol. The first-order valence-electron chi connectivity index (χ1n) is 7.48. The summed E-state index contributed by atoms with van der Waals surface area (Å²) >= 11 is 0. The highest BCUT2D eigenvalue weighted by atomic mass is 16.5. The number of carbonyl (C=O) groups excluding carboxylic acids is 1. The minimum atomic E-state index is -0.562. The zero-order chi connectivity index (χ0) is 15.5. The number of hydrogen-bond donors (Lipinski definition) is 0. The van der Waals surface area contributed by atoms with Gasteiger partial charge < -0.3 is 4.74 Å². The number of carbonyl (C=O) groups is 1. The lowest BCUT2D eigenvalue weighted by molar-refractivity contribution is -0.150. The first-order chi connectivity index (χ1) is 9.22. The van der Waals surface area contributed by atoms with Crippen molar-refractivity contribution in [2.75, 3.05) is 6.61 Å². The molecular formula is C18H28O2. The molecule has 1 atom stereocenters. The third-order valence-corrected chi connectivity index (χ3v) is 4.11. The minimum Gasteiger partial charge on any atom is -0.465 e. The van der Waals surface area contributed by atoms with E-state index >= 15 is 0 Å². The van der Waals surface area contributed by atoms with Crippen molar-refractivity contribution >= 4 is 5.97 Å². The molecule has 0 heterocycles. The summed E-state index contributed by atoms with van der Waals surface area (Å²) in [5.41, 5.74) is 4.28. The van der Waals surface area contributed by atoms with Gasteiger partial charge in [-0.15, -0.1) is 0 Å². The number of rotatable bonds is 5. The van der Waals surface area contributed by atoms with Crippen molar-refractivity contribution in [2.45, 2.75) is 60.3 Å². The molecule has 2 heteroatoms. The van der Waals surface area contributed by atoms with Crippen molar-refractivity contribution in [2.24, 2.45) is 5.92 Å². The molecule has 0 aliphatic carbocycles. The van der Waals surface area contributed by atoms with Crippen LogP contribution in [0.15, 0.2) is 12.1 Å². The SMILES string of the molecule is CCOC(=O)C(C)(CC(C)C)c1cc(C)c(C)c(C)c1. The van der Waals surface area contributed by atoms with Crippen LogP contribution in [0, 0.1) is 26.7 Å². The fraction of sp³-hybridized carbons (Fsp3) is 0.611. The molecule has 1 unspecified atom stereocenters. The van der Waals surface area contributed by atoms with Crippen LogP contribution in [-0.4, -0.2) is 12.6 Å². The van der Waals surface area contributed by atoms with Gasteiger partial charge in [-0.25, -0.2) is 0 Å². The second-order valence-corrected chi connectivity index (χ2v) is 6.39. The van der Waals surface area contributed by atoms with Gasteiger partial charge in [-0.05, 0) is 69.2 Å². The molecule has 112 valence electrons. The zero-order valence-corrected chi connectivity index (χ0v) is 14.0. The summed E-state index contributed by atoms with van der Waals surface area (Å²) in [5, 5.41) is 0. The van der Waals surface area contributed by atoms with Crippen molar-refractivity contribution in [1.82, 2.24) is 0 Å². The fourth-order valence-corrected chi connectivity index (χ4v) is 2.78. The molecule has 0 spiro atoms. The first-order valence-corrected chi connectivity index (χ1v) is 7.48. The Morgan fingerprint density at radius 3 is 2.10 bits per heavy atom. The quantitative estimate of drug-likeness (QED) is 0.741. The topological polar surface area (TPSA) is 26.3 Å². The van der Waals surface area contributed by atoms with Crippen LogP contribution in [0.1, 0.15) is 56.4 Å². The van der Waals surface area contributed by atoms with Gasteiger partial charge in [0.1, 0.15) is 0 Å². The van der Waals surface area contributed by atoms with Crippen molar-refractivity contribution in [3.63, 3.8) is 0 Å². The number of hydrogen-bond acceptors (Lipinski definition) is 2. The smallest absolute Gasteiger partial charge is 0.316 e. The summed E-state index contributed by atoms with van der Waals surface area (Å²) in [7, 11) is 0. The van der Waals surface area contributed by atoms with Gasteiger partial charge >= 0.3 is 5.97 Å². The van der Waals surface area contributed by atoms with Gasteiger partial charge in [0.15, 0.2) is 0 Å². The second kappa shape index (κ2) is 6.43. The Morgan fingerprint density at radius 2 is 1.70 bits per heavy atom. The molecule has 0 radical (unpaired) electrons. The van der Waals surface area contributed by atoms with Gasteiger partial charge in [0, 0.05) is 0 Å². The largest absolute Gasteiger partial charge is 0.465 e. The maximum atomic E-state index is 12.5. The van der Waals surface area contributed by atoms with E-state index in [0.717, 1.165) is 12.0 Å². The van der Waals surface area contributed by atoms with Crippen LogP contribution in [0.3, 0.4) is 0 Å². The van der Waals surface area contributed by atoms with E-state index in [9.17, 15) is 4.79 Å². The standard InChI is InChI=1S/C18H28O2/c1-8-20-17(19)18(7,11-12(2)3)16-9-13(4)15(6)14(5)10-16/h9-10,12H,8,11H2,1-7H3. The van der Waals surface area contributed by atoms with Crippen molar-refractivity contribution in [3.8, 4) is 0 Å². The van der Waals surface area contributed by atoms with Gasteiger partial charge in [0.25, 0.3) is 0 Å². The summed E-state index contributed by atoms with van der Waals surface area (Å²) in [6, 6.07) is 4.28. The van der Waals surface area contributed by atoms with E-state index in [1.807, 2.05) is 13.8 Å². The zero-order valence-electron chi connectivity index (χ0n) is 14.0. The Kier molecular flexibility index (Phi) is 5.38. The van der Waals surface area contributed by atoms with Gasteiger partial charge in [-0.3, -0.25) is 4.79 Å². The molecule has 1 aromatic carbocycles. The highest BCUT2D eigenvalue weighted by molar-refractivity contribution is 5.83. The second-order valence-electron chi connectivity index (χ2n) is 6.39. The monoisotopic (exact) mass is 276 g/mol. The Morgan fingerprint density at radius 1 is 1.20 bits per heavy atom. The maximum absolute atomic E-state index is 12.5. The average molecular weight is 276 g/mol. The van der Waals surface area contributed by atoms with E-state index in [1.165, 1.54) is 16.7 Å². The Bertz CT molecular complexity index is 465. The van der Waals surface area contributed by atoms with Crippen molar-refractivity contribution < 1.29 is 9.53 Å². The molecule has 0 amide bonds. The van der Waals surface area contributed by atoms with Crippen LogP contribution in [-0.2, 0) is 14.9 Å². The van der Waals surface area contributed by atoms with Crippen LogP contribution < -0.4 is 0 Å². The summed E-state index contributed by atoms with van der Waals surface area (Å²) in [4.78, 5) is 12.5. The summed E-state index contributed by atoms with van der Waals surface area (Å²) < 4.78 is 5.33. The number of ether oxygens (including phenoxy) is 1. The Labute approximate surface area is 123 Å². The summed E-state index contributed by atoms with van der Waals surface area (Å²) in [6.07, 6.45) is 0.799. The summed E-state index contributed by atoms with van der Waals surface area (Å²) in [5.74, 6) is 0.322. The molecule has 0 aliphatic rings. The van der Waals surface area contributed by atoms with E-state index in [2.05, 4.69) is 46.8 Å². The van der Waals surface area contributed by atoms with Crippen molar-refractivity contribution in [3.05, 3.63) is 34.4 Å². The van der Waals surface area contributed by atoms with Gasteiger partial charge in [0.2, 0.25) is 0 Å². The molecule has 0 saturated carbocycles. The minimum absolute atomic E-state index is 0.114. The van der Waals surface area contributed by atoms with Crippen LogP contribution in [0.4, 0.5) is 0 Å².